The first-order chi connectivity index (χ1) is 7.13. The van der Waals surface area contributed by atoms with Crippen LogP contribution in [0.1, 0.15) is 24.2 Å². The number of carbonyl (C=O) groups is 1. The Balaban J connectivity index is 3.20. The van der Waals surface area contributed by atoms with Gasteiger partial charge in [-0.25, -0.2) is 0 Å². The van der Waals surface area contributed by atoms with Crippen LogP contribution < -0.4 is 4.90 Å². The Morgan fingerprint density at radius 3 is 2.47 bits per heavy atom. The molecule has 0 unspecified atom stereocenters. The molecule has 82 valence electrons. The summed E-state index contributed by atoms with van der Waals surface area (Å²) in [4.78, 5) is 12.9. The lowest BCUT2D eigenvalue weighted by molar-refractivity contribution is 0.112. The van der Waals surface area contributed by atoms with Gasteiger partial charge in [0.25, 0.3) is 0 Å². The fourth-order valence-corrected chi connectivity index (χ4v) is 2.26. The first-order valence-corrected chi connectivity index (χ1v) is 6.00. The van der Waals surface area contributed by atoms with Crippen LogP contribution in [0, 0.1) is 0 Å². The molecule has 0 bridgehead atoms. The van der Waals surface area contributed by atoms with Gasteiger partial charge in [-0.05, 0) is 41.9 Å². The third kappa shape index (κ3) is 2.73. The number of aldehydes is 1. The van der Waals surface area contributed by atoms with Crippen molar-refractivity contribution in [1.29, 1.82) is 0 Å². The predicted octanol–water partition coefficient (Wildman–Crippen LogP) is 3.76. The summed E-state index contributed by atoms with van der Waals surface area (Å²) < 4.78 is 0.901. The van der Waals surface area contributed by atoms with Gasteiger partial charge in [-0.15, -0.1) is 0 Å². The molecule has 1 rings (SSSR count). The third-order valence-corrected chi connectivity index (χ3v) is 3.26. The number of rotatable bonds is 4. The second kappa shape index (κ2) is 5.52. The summed E-state index contributed by atoms with van der Waals surface area (Å²) in [5, 5.41) is 0.495. The summed E-state index contributed by atoms with van der Waals surface area (Å²) in [6.45, 7) is 5.98. The summed E-state index contributed by atoms with van der Waals surface area (Å²) in [5.41, 5.74) is 1.54. The van der Waals surface area contributed by atoms with Crippen LogP contribution in [0.2, 0.25) is 5.02 Å². The maximum Gasteiger partial charge on any atom is 0.151 e. The molecule has 4 heteroatoms. The molecular formula is C11H13BrClNO. The molecule has 0 fully saturated rings. The van der Waals surface area contributed by atoms with Crippen LogP contribution in [0.3, 0.4) is 0 Å². The molecule has 0 aromatic heterocycles. The van der Waals surface area contributed by atoms with Crippen LogP contribution in [0.15, 0.2) is 16.6 Å². The zero-order chi connectivity index (χ0) is 11.4. The number of halogens is 2. The summed E-state index contributed by atoms with van der Waals surface area (Å²) in [7, 11) is 0. The average molecular weight is 291 g/mol. The molecule has 0 saturated heterocycles. The standard InChI is InChI=1S/C11H13BrClNO/c1-3-14(4-2)11-6-10(13)8(7-15)5-9(11)12/h5-7H,3-4H2,1-2H3. The number of benzene rings is 1. The Labute approximate surface area is 103 Å². The van der Waals surface area contributed by atoms with Crippen molar-refractivity contribution in [3.8, 4) is 0 Å². The molecule has 2 nitrogen and oxygen atoms in total. The highest BCUT2D eigenvalue weighted by atomic mass is 79.9. The van der Waals surface area contributed by atoms with E-state index in [1.165, 1.54) is 0 Å². The monoisotopic (exact) mass is 289 g/mol. The fourth-order valence-electron chi connectivity index (χ4n) is 1.45. The van der Waals surface area contributed by atoms with Crippen molar-refractivity contribution in [2.24, 2.45) is 0 Å². The molecule has 1 aromatic carbocycles. The Kier molecular flexibility index (Phi) is 4.61. The van der Waals surface area contributed by atoms with E-state index in [0.717, 1.165) is 29.5 Å². The molecular weight excluding hydrogens is 277 g/mol. The minimum atomic E-state index is 0.495. The molecule has 0 heterocycles. The van der Waals surface area contributed by atoms with E-state index in [0.29, 0.717) is 10.6 Å². The Morgan fingerprint density at radius 2 is 2.00 bits per heavy atom. The third-order valence-electron chi connectivity index (χ3n) is 2.30. The lowest BCUT2D eigenvalue weighted by Crippen LogP contribution is -2.22. The van der Waals surface area contributed by atoms with Gasteiger partial charge in [0, 0.05) is 23.1 Å². The van der Waals surface area contributed by atoms with E-state index in [1.807, 2.05) is 6.07 Å². The highest BCUT2D eigenvalue weighted by molar-refractivity contribution is 9.10. The molecule has 0 spiro atoms. The molecule has 0 aliphatic heterocycles. The topological polar surface area (TPSA) is 20.3 Å². The second-order valence-corrected chi connectivity index (χ2v) is 4.38. The largest absolute Gasteiger partial charge is 0.371 e. The summed E-state index contributed by atoms with van der Waals surface area (Å²) in [5.74, 6) is 0. The molecule has 0 N–H and O–H groups in total. The lowest BCUT2D eigenvalue weighted by atomic mass is 10.2. The van der Waals surface area contributed by atoms with Gasteiger partial charge < -0.3 is 4.90 Å². The van der Waals surface area contributed by atoms with Crippen molar-refractivity contribution in [3.63, 3.8) is 0 Å². The first kappa shape index (κ1) is 12.5. The van der Waals surface area contributed by atoms with Crippen molar-refractivity contribution in [1.82, 2.24) is 0 Å². The van der Waals surface area contributed by atoms with Gasteiger partial charge in [-0.3, -0.25) is 4.79 Å². The summed E-state index contributed by atoms with van der Waals surface area (Å²) >= 11 is 9.43. The van der Waals surface area contributed by atoms with Crippen LogP contribution in [0.4, 0.5) is 5.69 Å². The van der Waals surface area contributed by atoms with Crippen molar-refractivity contribution >= 4 is 39.5 Å². The number of nitrogens with zero attached hydrogens (tertiary/aromatic N) is 1. The number of hydrogen-bond acceptors (Lipinski definition) is 2. The van der Waals surface area contributed by atoms with Crippen LogP contribution in [-0.2, 0) is 0 Å². The molecule has 0 radical (unpaired) electrons. The van der Waals surface area contributed by atoms with E-state index in [-0.39, 0.29) is 0 Å². The molecule has 0 aliphatic carbocycles. The van der Waals surface area contributed by atoms with Crippen LogP contribution >= 0.6 is 27.5 Å². The van der Waals surface area contributed by atoms with E-state index in [9.17, 15) is 4.79 Å². The van der Waals surface area contributed by atoms with Crippen LogP contribution in [0.5, 0.6) is 0 Å². The van der Waals surface area contributed by atoms with Crippen LogP contribution in [-0.4, -0.2) is 19.4 Å². The minimum absolute atomic E-state index is 0.495. The van der Waals surface area contributed by atoms with Crippen LogP contribution in [0.25, 0.3) is 0 Å². The van der Waals surface area contributed by atoms with Gasteiger partial charge in [0.2, 0.25) is 0 Å². The first-order valence-electron chi connectivity index (χ1n) is 4.83. The maximum absolute atomic E-state index is 10.7. The fraction of sp³-hybridized carbons (Fsp3) is 0.364. The van der Waals surface area contributed by atoms with Crippen molar-refractivity contribution in [3.05, 3.63) is 27.2 Å². The Morgan fingerprint density at radius 1 is 1.40 bits per heavy atom. The molecule has 0 aliphatic rings. The molecule has 0 atom stereocenters. The van der Waals surface area contributed by atoms with Gasteiger partial charge in [-0.1, -0.05) is 11.6 Å². The molecule has 0 saturated carbocycles. The van der Waals surface area contributed by atoms with E-state index >= 15 is 0 Å². The predicted molar refractivity (Wildman–Crippen MR) is 68.1 cm³/mol. The van der Waals surface area contributed by atoms with E-state index in [2.05, 4.69) is 34.7 Å². The van der Waals surface area contributed by atoms with E-state index < -0.39 is 0 Å². The van der Waals surface area contributed by atoms with Crippen molar-refractivity contribution in [2.75, 3.05) is 18.0 Å². The van der Waals surface area contributed by atoms with Crippen molar-refractivity contribution in [2.45, 2.75) is 13.8 Å². The van der Waals surface area contributed by atoms with E-state index in [1.54, 1.807) is 6.07 Å². The molecule has 1 aromatic rings. The van der Waals surface area contributed by atoms with Gasteiger partial charge in [0.1, 0.15) is 0 Å². The highest BCUT2D eigenvalue weighted by Gasteiger charge is 2.10. The van der Waals surface area contributed by atoms with Gasteiger partial charge >= 0.3 is 0 Å². The Hall–Kier alpha value is -0.540. The van der Waals surface area contributed by atoms with Gasteiger partial charge in [-0.2, -0.15) is 0 Å². The molecule has 0 amide bonds. The Bertz CT molecular complexity index is 364. The normalized spacial score (nSPS) is 10.1. The summed E-state index contributed by atoms with van der Waals surface area (Å²) in [6.07, 6.45) is 0.763. The average Bonchev–Trinajstić information content (AvgIpc) is 2.24. The zero-order valence-electron chi connectivity index (χ0n) is 8.76. The second-order valence-electron chi connectivity index (χ2n) is 3.12. The quantitative estimate of drug-likeness (QED) is 0.787. The minimum Gasteiger partial charge on any atom is -0.371 e. The smallest absolute Gasteiger partial charge is 0.151 e. The molecule has 15 heavy (non-hydrogen) atoms. The maximum atomic E-state index is 10.7. The number of anilines is 1. The zero-order valence-corrected chi connectivity index (χ0v) is 11.1. The number of hydrogen-bond donors (Lipinski definition) is 0. The highest BCUT2D eigenvalue weighted by Crippen LogP contribution is 2.31. The lowest BCUT2D eigenvalue weighted by Gasteiger charge is -2.23. The SMILES string of the molecule is CCN(CC)c1cc(Cl)c(C=O)cc1Br. The number of carbonyl (C=O) groups excluding carboxylic acids is 1. The van der Waals surface area contributed by atoms with E-state index in [4.69, 9.17) is 11.6 Å². The van der Waals surface area contributed by atoms with Gasteiger partial charge in [0.15, 0.2) is 6.29 Å². The van der Waals surface area contributed by atoms with Crippen molar-refractivity contribution < 1.29 is 4.79 Å². The summed E-state index contributed by atoms with van der Waals surface area (Å²) in [6, 6.07) is 3.57. The van der Waals surface area contributed by atoms with Gasteiger partial charge in [0.05, 0.1) is 10.7 Å².